The Hall–Kier alpha value is -2.38. The molecule has 2 aromatic rings. The van der Waals surface area contributed by atoms with Crippen molar-refractivity contribution in [2.24, 2.45) is 0 Å². The van der Waals surface area contributed by atoms with Gasteiger partial charge in [-0.3, -0.25) is 5.10 Å². The lowest BCUT2D eigenvalue weighted by Crippen LogP contribution is -2.07. The van der Waals surface area contributed by atoms with E-state index in [-0.39, 0.29) is 30.2 Å². The smallest absolute Gasteiger partial charge is 0.378 e. The molecule has 0 aliphatic rings. The highest BCUT2D eigenvalue weighted by molar-refractivity contribution is 5.84. The van der Waals surface area contributed by atoms with Crippen molar-refractivity contribution >= 4 is 5.97 Å². The first-order valence-electron chi connectivity index (χ1n) is 5.73. The number of aromatic amines is 1. The number of halogens is 3. The van der Waals surface area contributed by atoms with Crippen molar-refractivity contribution < 1.29 is 22.7 Å². The molecule has 0 saturated heterocycles. The molecule has 0 atom stereocenters. The van der Waals surface area contributed by atoms with Gasteiger partial charge >= 0.3 is 5.97 Å². The number of carbonyl (C=O) groups excluding carboxylic acids is 1. The summed E-state index contributed by atoms with van der Waals surface area (Å²) in [7, 11) is 0. The average molecular weight is 285 g/mol. The predicted molar refractivity (Wildman–Crippen MR) is 61.5 cm³/mol. The van der Waals surface area contributed by atoms with E-state index >= 15 is 0 Å². The molecule has 0 amide bonds. The monoisotopic (exact) mass is 285 g/mol. The molecule has 0 saturated carbocycles. The van der Waals surface area contributed by atoms with Gasteiger partial charge < -0.3 is 4.74 Å². The Labute approximate surface area is 111 Å². The lowest BCUT2D eigenvalue weighted by atomic mass is 10.1. The molecule has 0 aliphatic heterocycles. The number of ether oxygens (including phenoxy) is 1. The van der Waals surface area contributed by atoms with Gasteiger partial charge in [0.25, 0.3) is 5.82 Å². The number of hydrogen-bond donors (Lipinski definition) is 1. The van der Waals surface area contributed by atoms with Crippen LogP contribution in [0.2, 0.25) is 0 Å². The van der Waals surface area contributed by atoms with Crippen LogP contribution >= 0.6 is 0 Å². The number of esters is 1. The van der Waals surface area contributed by atoms with Crippen LogP contribution in [-0.4, -0.2) is 27.8 Å². The standard InChI is InChI=1S/C12H10F3N3O2/c1-2-20-12(19)11-16-8(17-18-11)5-6-3-4-7(13)10(15)9(6)14/h3-4H,2,5H2,1H3,(H,16,17,18). The zero-order valence-corrected chi connectivity index (χ0v) is 10.4. The zero-order valence-electron chi connectivity index (χ0n) is 10.4. The zero-order chi connectivity index (χ0) is 14.7. The van der Waals surface area contributed by atoms with Crippen molar-refractivity contribution in [2.45, 2.75) is 13.3 Å². The predicted octanol–water partition coefficient (Wildman–Crippen LogP) is 1.99. The second-order valence-electron chi connectivity index (χ2n) is 3.84. The van der Waals surface area contributed by atoms with Crippen LogP contribution in [0.25, 0.3) is 0 Å². The molecule has 0 fully saturated rings. The number of hydrogen-bond acceptors (Lipinski definition) is 4. The molecule has 8 heteroatoms. The van der Waals surface area contributed by atoms with Gasteiger partial charge in [-0.05, 0) is 18.6 Å². The van der Waals surface area contributed by atoms with Gasteiger partial charge in [-0.1, -0.05) is 6.07 Å². The third kappa shape index (κ3) is 2.79. The number of H-pyrrole nitrogens is 1. The summed E-state index contributed by atoms with van der Waals surface area (Å²) >= 11 is 0. The Morgan fingerprint density at radius 2 is 2.05 bits per heavy atom. The molecule has 106 valence electrons. The van der Waals surface area contributed by atoms with E-state index in [0.29, 0.717) is 0 Å². The third-order valence-electron chi connectivity index (χ3n) is 2.46. The maximum Gasteiger partial charge on any atom is 0.378 e. The summed E-state index contributed by atoms with van der Waals surface area (Å²) in [6.07, 6.45) is -0.157. The van der Waals surface area contributed by atoms with E-state index in [2.05, 4.69) is 19.9 Å². The van der Waals surface area contributed by atoms with Crippen molar-refractivity contribution in [1.29, 1.82) is 0 Å². The van der Waals surface area contributed by atoms with Crippen molar-refractivity contribution in [3.05, 3.63) is 46.8 Å². The fourth-order valence-corrected chi connectivity index (χ4v) is 1.54. The Kier molecular flexibility index (Phi) is 4.02. The van der Waals surface area contributed by atoms with E-state index in [1.54, 1.807) is 6.92 Å². The summed E-state index contributed by atoms with van der Waals surface area (Å²) in [5, 5.41) is 6.01. The van der Waals surface area contributed by atoms with Crippen molar-refractivity contribution in [1.82, 2.24) is 15.2 Å². The summed E-state index contributed by atoms with van der Waals surface area (Å²) in [5.74, 6) is -4.90. The van der Waals surface area contributed by atoms with E-state index in [1.165, 1.54) is 0 Å². The highest BCUT2D eigenvalue weighted by Crippen LogP contribution is 2.17. The second kappa shape index (κ2) is 5.72. The van der Waals surface area contributed by atoms with Crippen molar-refractivity contribution in [3.63, 3.8) is 0 Å². The average Bonchev–Trinajstić information content (AvgIpc) is 2.88. The Bertz CT molecular complexity index is 643. The van der Waals surface area contributed by atoms with Crippen molar-refractivity contribution in [3.8, 4) is 0 Å². The molecule has 0 radical (unpaired) electrons. The SMILES string of the molecule is CCOC(=O)c1n[nH]c(Cc2ccc(F)c(F)c2F)n1. The summed E-state index contributed by atoms with van der Waals surface area (Å²) in [5.41, 5.74) is -0.101. The van der Waals surface area contributed by atoms with Gasteiger partial charge in [0.2, 0.25) is 0 Å². The first-order chi connectivity index (χ1) is 9.52. The minimum absolute atomic E-state index is 0.101. The van der Waals surface area contributed by atoms with Gasteiger partial charge in [0.15, 0.2) is 17.5 Å². The van der Waals surface area contributed by atoms with E-state index < -0.39 is 23.4 Å². The highest BCUT2D eigenvalue weighted by Gasteiger charge is 2.17. The molecule has 0 unspecified atom stereocenters. The number of rotatable bonds is 4. The Balaban J connectivity index is 2.19. The Morgan fingerprint density at radius 3 is 2.75 bits per heavy atom. The molecule has 2 rings (SSSR count). The van der Waals surface area contributed by atoms with Crippen molar-refractivity contribution in [2.75, 3.05) is 6.61 Å². The lowest BCUT2D eigenvalue weighted by molar-refractivity contribution is 0.0512. The lowest BCUT2D eigenvalue weighted by Gasteiger charge is -2.02. The topological polar surface area (TPSA) is 67.9 Å². The van der Waals surface area contributed by atoms with Crippen LogP contribution in [0.5, 0.6) is 0 Å². The number of nitrogens with zero attached hydrogens (tertiary/aromatic N) is 2. The summed E-state index contributed by atoms with van der Waals surface area (Å²) in [4.78, 5) is 15.1. The molecule has 0 spiro atoms. The first kappa shape index (κ1) is 14.0. The number of nitrogens with one attached hydrogen (secondary N) is 1. The number of aromatic nitrogens is 3. The molecule has 1 aromatic heterocycles. The van der Waals surface area contributed by atoms with E-state index in [9.17, 15) is 18.0 Å². The summed E-state index contributed by atoms with van der Waals surface area (Å²) in [6, 6.07) is 1.91. The molecular formula is C12H10F3N3O2. The van der Waals surface area contributed by atoms with Crippen LogP contribution in [-0.2, 0) is 11.2 Å². The molecule has 5 nitrogen and oxygen atoms in total. The van der Waals surface area contributed by atoms with Gasteiger partial charge in [-0.15, -0.1) is 5.10 Å². The maximum absolute atomic E-state index is 13.5. The van der Waals surface area contributed by atoms with E-state index in [0.717, 1.165) is 12.1 Å². The summed E-state index contributed by atoms with van der Waals surface area (Å²) < 4.78 is 44.0. The normalized spacial score (nSPS) is 10.6. The second-order valence-corrected chi connectivity index (χ2v) is 3.84. The first-order valence-corrected chi connectivity index (χ1v) is 5.73. The molecule has 0 bridgehead atoms. The van der Waals surface area contributed by atoms with Gasteiger partial charge in [0.1, 0.15) is 5.82 Å². The van der Waals surface area contributed by atoms with Gasteiger partial charge in [0, 0.05) is 6.42 Å². The molecular weight excluding hydrogens is 275 g/mol. The molecule has 0 aliphatic carbocycles. The highest BCUT2D eigenvalue weighted by atomic mass is 19.2. The van der Waals surface area contributed by atoms with Crippen LogP contribution < -0.4 is 0 Å². The largest absolute Gasteiger partial charge is 0.460 e. The quantitative estimate of drug-likeness (QED) is 0.689. The van der Waals surface area contributed by atoms with Gasteiger partial charge in [-0.25, -0.2) is 22.9 Å². The van der Waals surface area contributed by atoms with E-state index in [4.69, 9.17) is 0 Å². The fourth-order valence-electron chi connectivity index (χ4n) is 1.54. The van der Waals surface area contributed by atoms with Crippen LogP contribution in [0.4, 0.5) is 13.2 Å². The van der Waals surface area contributed by atoms with Gasteiger partial charge in [-0.2, -0.15) is 0 Å². The van der Waals surface area contributed by atoms with E-state index in [1.807, 2.05) is 0 Å². The van der Waals surface area contributed by atoms with Crippen LogP contribution in [0.1, 0.15) is 28.9 Å². The minimum Gasteiger partial charge on any atom is -0.460 e. The van der Waals surface area contributed by atoms with Crippen LogP contribution in [0.15, 0.2) is 12.1 Å². The molecule has 1 N–H and O–H groups in total. The minimum atomic E-state index is -1.55. The molecule has 1 heterocycles. The third-order valence-corrected chi connectivity index (χ3v) is 2.46. The number of carbonyl (C=O) groups is 1. The number of benzene rings is 1. The van der Waals surface area contributed by atoms with Crippen LogP contribution in [0, 0.1) is 17.5 Å². The Morgan fingerprint density at radius 1 is 1.30 bits per heavy atom. The molecule has 20 heavy (non-hydrogen) atoms. The maximum atomic E-state index is 13.5. The summed E-state index contributed by atoms with van der Waals surface area (Å²) in [6.45, 7) is 1.79. The van der Waals surface area contributed by atoms with Gasteiger partial charge in [0.05, 0.1) is 6.61 Å². The van der Waals surface area contributed by atoms with Crippen LogP contribution in [0.3, 0.4) is 0 Å². The fraction of sp³-hybridized carbons (Fsp3) is 0.250. The molecule has 1 aromatic carbocycles.